The van der Waals surface area contributed by atoms with Crippen molar-refractivity contribution in [2.45, 2.75) is 52.4 Å². The van der Waals surface area contributed by atoms with Crippen LogP contribution in [0.1, 0.15) is 52.4 Å². The molecule has 1 heteroatoms. The van der Waals surface area contributed by atoms with Gasteiger partial charge in [-0.25, -0.2) is 0 Å². The Morgan fingerprint density at radius 3 is 2.69 bits per heavy atom. The Hall–Kier alpha value is -0.480. The zero-order valence-electron chi connectivity index (χ0n) is 11.2. The Morgan fingerprint density at radius 2 is 2.06 bits per heavy atom. The van der Waals surface area contributed by atoms with Crippen LogP contribution in [-0.2, 0) is 0 Å². The summed E-state index contributed by atoms with van der Waals surface area (Å²) in [6.45, 7) is 5.48. The van der Waals surface area contributed by atoms with E-state index in [2.05, 4.69) is 31.1 Å². The van der Waals surface area contributed by atoms with Crippen molar-refractivity contribution < 1.29 is 0 Å². The van der Waals surface area contributed by atoms with E-state index in [4.69, 9.17) is 0 Å². The Morgan fingerprint density at radius 1 is 1.25 bits per heavy atom. The molecular weight excluding hydrogens is 194 g/mol. The molecule has 16 heavy (non-hydrogen) atoms. The Bertz CT molecular complexity index is 236. The largest absolute Gasteiger partial charge is 0.319 e. The Labute approximate surface area is 101 Å². The average Bonchev–Trinajstić information content (AvgIpc) is 2.31. The molecule has 0 aromatic rings. The zero-order valence-corrected chi connectivity index (χ0v) is 11.2. The predicted octanol–water partition coefficient (Wildman–Crippen LogP) is 3.45. The molecule has 1 fully saturated rings. The smallest absolute Gasteiger partial charge is 0.00913 e. The van der Waals surface area contributed by atoms with E-state index < -0.39 is 0 Å². The van der Waals surface area contributed by atoms with Gasteiger partial charge in [0.2, 0.25) is 0 Å². The lowest BCUT2D eigenvalue weighted by atomic mass is 9.71. The highest BCUT2D eigenvalue weighted by atomic mass is 14.8. The molecule has 1 rings (SSSR count). The van der Waals surface area contributed by atoms with Gasteiger partial charge in [0.1, 0.15) is 0 Å². The van der Waals surface area contributed by atoms with Crippen LogP contribution in [0.5, 0.6) is 0 Å². The molecule has 1 aliphatic rings. The summed E-state index contributed by atoms with van der Waals surface area (Å²) in [7, 11) is 2.08. The minimum absolute atomic E-state index is 0.895. The monoisotopic (exact) mass is 221 g/mol. The molecule has 0 amide bonds. The summed E-state index contributed by atoms with van der Waals surface area (Å²) >= 11 is 0. The summed E-state index contributed by atoms with van der Waals surface area (Å²) in [4.78, 5) is 0. The van der Waals surface area contributed by atoms with E-state index in [1.807, 2.05) is 6.92 Å². The lowest BCUT2D eigenvalue weighted by Crippen LogP contribution is -2.31. The van der Waals surface area contributed by atoms with Crippen LogP contribution in [0, 0.1) is 29.6 Å². The normalized spacial score (nSPS) is 29.6. The molecule has 0 radical (unpaired) electrons. The fourth-order valence-corrected chi connectivity index (χ4v) is 3.06. The first kappa shape index (κ1) is 13.6. The highest BCUT2D eigenvalue weighted by molar-refractivity contribution is 4.96. The summed E-state index contributed by atoms with van der Waals surface area (Å²) in [6, 6.07) is 0. The van der Waals surface area contributed by atoms with E-state index >= 15 is 0 Å². The lowest BCUT2D eigenvalue weighted by Gasteiger charge is -2.35. The van der Waals surface area contributed by atoms with Crippen molar-refractivity contribution in [3.63, 3.8) is 0 Å². The van der Waals surface area contributed by atoms with Gasteiger partial charge in [0.25, 0.3) is 0 Å². The van der Waals surface area contributed by atoms with Crippen LogP contribution in [0.15, 0.2) is 0 Å². The van der Waals surface area contributed by atoms with Gasteiger partial charge in [0.05, 0.1) is 0 Å². The van der Waals surface area contributed by atoms with Crippen molar-refractivity contribution in [2.24, 2.45) is 17.8 Å². The van der Waals surface area contributed by atoms with Crippen LogP contribution in [-0.4, -0.2) is 13.6 Å². The fourth-order valence-electron chi connectivity index (χ4n) is 3.06. The number of nitrogens with one attached hydrogen (secondary N) is 1. The molecule has 3 atom stereocenters. The summed E-state index contributed by atoms with van der Waals surface area (Å²) in [6.07, 6.45) is 8.07. The molecule has 0 aromatic carbocycles. The third kappa shape index (κ3) is 4.18. The maximum atomic E-state index is 3.35. The molecule has 1 nitrogen and oxygen atoms in total. The van der Waals surface area contributed by atoms with Crippen LogP contribution in [0.3, 0.4) is 0 Å². The van der Waals surface area contributed by atoms with Crippen LogP contribution < -0.4 is 5.32 Å². The summed E-state index contributed by atoms with van der Waals surface area (Å²) < 4.78 is 0. The second-order valence-corrected chi connectivity index (χ2v) is 5.13. The van der Waals surface area contributed by atoms with Gasteiger partial charge >= 0.3 is 0 Å². The number of rotatable bonds is 5. The summed E-state index contributed by atoms with van der Waals surface area (Å²) in [5.41, 5.74) is 0. The second kappa shape index (κ2) is 7.74. The number of hydrogen-bond donors (Lipinski definition) is 1. The maximum Gasteiger partial charge on any atom is 0.00913 e. The van der Waals surface area contributed by atoms with Gasteiger partial charge in [-0.05, 0) is 57.5 Å². The van der Waals surface area contributed by atoms with E-state index in [1.54, 1.807) is 0 Å². The molecule has 0 heterocycles. The van der Waals surface area contributed by atoms with E-state index in [9.17, 15) is 0 Å². The molecule has 92 valence electrons. The first-order chi connectivity index (χ1) is 7.81. The number of hydrogen-bond acceptors (Lipinski definition) is 1. The predicted molar refractivity (Wildman–Crippen MR) is 71.2 cm³/mol. The third-order valence-corrected chi connectivity index (χ3v) is 4.11. The quantitative estimate of drug-likeness (QED) is 0.701. The third-order valence-electron chi connectivity index (χ3n) is 4.11. The minimum atomic E-state index is 0.895. The van der Waals surface area contributed by atoms with Crippen LogP contribution in [0.25, 0.3) is 0 Å². The zero-order chi connectivity index (χ0) is 11.8. The molecule has 0 aliphatic heterocycles. The van der Waals surface area contributed by atoms with Crippen molar-refractivity contribution in [3.05, 3.63) is 0 Å². The van der Waals surface area contributed by atoms with Crippen molar-refractivity contribution in [1.29, 1.82) is 0 Å². The van der Waals surface area contributed by atoms with Gasteiger partial charge in [-0.3, -0.25) is 0 Å². The highest BCUT2D eigenvalue weighted by Crippen LogP contribution is 2.37. The maximum absolute atomic E-state index is 3.35. The van der Waals surface area contributed by atoms with Gasteiger partial charge in [0.15, 0.2) is 0 Å². The molecular formula is C15H27N. The first-order valence-corrected chi connectivity index (χ1v) is 6.86. The summed E-state index contributed by atoms with van der Waals surface area (Å²) in [5, 5.41) is 3.35. The van der Waals surface area contributed by atoms with Crippen molar-refractivity contribution in [3.8, 4) is 11.8 Å². The molecule has 1 N–H and O–H groups in total. The van der Waals surface area contributed by atoms with E-state index in [0.29, 0.717) is 0 Å². The standard InChI is InChI=1S/C15H27N/c1-4-6-7-8-14-11-13(5-2)9-10-15(14)12-16-3/h13-16H,5,7-12H2,1-3H3. The second-order valence-electron chi connectivity index (χ2n) is 5.13. The molecule has 1 aliphatic carbocycles. The lowest BCUT2D eigenvalue weighted by molar-refractivity contribution is 0.166. The Balaban J connectivity index is 2.45. The van der Waals surface area contributed by atoms with E-state index in [1.165, 1.54) is 38.6 Å². The molecule has 0 spiro atoms. The first-order valence-electron chi connectivity index (χ1n) is 6.86. The van der Waals surface area contributed by atoms with Crippen molar-refractivity contribution >= 4 is 0 Å². The molecule has 0 bridgehead atoms. The average molecular weight is 221 g/mol. The van der Waals surface area contributed by atoms with Crippen molar-refractivity contribution in [1.82, 2.24) is 5.32 Å². The van der Waals surface area contributed by atoms with Crippen LogP contribution >= 0.6 is 0 Å². The minimum Gasteiger partial charge on any atom is -0.319 e. The SMILES string of the molecule is CC#CCCC1CC(CC)CCC1CNC. The summed E-state index contributed by atoms with van der Waals surface area (Å²) in [5.74, 6) is 9.02. The van der Waals surface area contributed by atoms with E-state index in [-0.39, 0.29) is 0 Å². The van der Waals surface area contributed by atoms with E-state index in [0.717, 1.165) is 24.2 Å². The van der Waals surface area contributed by atoms with Gasteiger partial charge < -0.3 is 5.32 Å². The molecule has 1 saturated carbocycles. The molecule has 0 aromatic heterocycles. The fraction of sp³-hybridized carbons (Fsp3) is 0.867. The van der Waals surface area contributed by atoms with Crippen LogP contribution in [0.2, 0.25) is 0 Å². The van der Waals surface area contributed by atoms with Gasteiger partial charge in [-0.1, -0.05) is 19.8 Å². The molecule has 0 saturated heterocycles. The van der Waals surface area contributed by atoms with Gasteiger partial charge in [-0.2, -0.15) is 0 Å². The van der Waals surface area contributed by atoms with Crippen molar-refractivity contribution in [2.75, 3.05) is 13.6 Å². The Kier molecular flexibility index (Phi) is 6.57. The molecule has 3 unspecified atom stereocenters. The van der Waals surface area contributed by atoms with Gasteiger partial charge in [0, 0.05) is 6.42 Å². The topological polar surface area (TPSA) is 12.0 Å². The van der Waals surface area contributed by atoms with Gasteiger partial charge in [-0.15, -0.1) is 11.8 Å². The highest BCUT2D eigenvalue weighted by Gasteiger charge is 2.28. The van der Waals surface area contributed by atoms with Crippen LogP contribution in [0.4, 0.5) is 0 Å².